The average Bonchev–Trinajstić information content (AvgIpc) is 2.98. The monoisotopic (exact) mass is 374 g/mol. The summed E-state index contributed by atoms with van der Waals surface area (Å²) in [5.74, 6) is 0. The second kappa shape index (κ2) is 7.50. The van der Waals surface area contributed by atoms with E-state index in [2.05, 4.69) is 19.9 Å². The lowest BCUT2D eigenvalue weighted by molar-refractivity contribution is 0.0527. The van der Waals surface area contributed by atoms with Crippen LogP contribution in [0.3, 0.4) is 0 Å². The van der Waals surface area contributed by atoms with Gasteiger partial charge in [0.2, 0.25) is 0 Å². The van der Waals surface area contributed by atoms with Crippen molar-refractivity contribution in [3.8, 4) is 0 Å². The van der Waals surface area contributed by atoms with Gasteiger partial charge in [0.1, 0.15) is 11.1 Å². The van der Waals surface area contributed by atoms with Crippen LogP contribution in [0.1, 0.15) is 33.6 Å². The van der Waals surface area contributed by atoms with Gasteiger partial charge in [0.05, 0.1) is 17.4 Å². The predicted molar refractivity (Wildman–Crippen MR) is 104 cm³/mol. The van der Waals surface area contributed by atoms with Gasteiger partial charge >= 0.3 is 6.09 Å². The third kappa shape index (κ3) is 4.25. The Morgan fingerprint density at radius 3 is 2.81 bits per heavy atom. The third-order valence-corrected chi connectivity index (χ3v) is 4.17. The summed E-state index contributed by atoms with van der Waals surface area (Å²) in [4.78, 5) is 20.5. The molecule has 138 valence electrons. The Kier molecular flexibility index (Phi) is 5.32. The topological polar surface area (TPSA) is 69.0 Å². The minimum Gasteiger partial charge on any atom is -0.444 e. The van der Waals surface area contributed by atoms with Gasteiger partial charge in [-0.1, -0.05) is 29.8 Å². The first-order valence-electron chi connectivity index (χ1n) is 8.71. The van der Waals surface area contributed by atoms with Crippen LogP contribution in [0.4, 0.5) is 4.79 Å². The van der Waals surface area contributed by atoms with Gasteiger partial charge < -0.3 is 14.6 Å². The Balaban J connectivity index is 1.63. The molecule has 2 heterocycles. The van der Waals surface area contributed by atoms with Crippen LogP contribution in [0.5, 0.6) is 0 Å². The molecule has 0 fully saturated rings. The molecule has 0 atom stereocenters. The minimum absolute atomic E-state index is 0.380. The Morgan fingerprint density at radius 1 is 1.27 bits per heavy atom. The molecule has 1 aromatic carbocycles. The zero-order valence-corrected chi connectivity index (χ0v) is 16.0. The maximum Gasteiger partial charge on any atom is 0.407 e. The summed E-state index contributed by atoms with van der Waals surface area (Å²) in [6.07, 6.45) is 3.16. The highest BCUT2D eigenvalue weighted by Crippen LogP contribution is 2.28. The Morgan fingerprint density at radius 2 is 2.04 bits per heavy atom. The van der Waals surface area contributed by atoms with Gasteiger partial charge in [-0.2, -0.15) is 0 Å². The smallest absolute Gasteiger partial charge is 0.407 e. The Hall–Kier alpha value is -2.34. The first-order valence-corrected chi connectivity index (χ1v) is 9.09. The van der Waals surface area contributed by atoms with Gasteiger partial charge in [-0.3, -0.25) is 0 Å². The van der Waals surface area contributed by atoms with Gasteiger partial charge in [-0.05, 0) is 39.7 Å². The first kappa shape index (κ1) is 18.5. The molecule has 0 saturated carbocycles. The predicted octanol–water partition coefficient (Wildman–Crippen LogP) is 4.54. The molecular formula is C19H23ClN4O2. The van der Waals surface area contributed by atoms with Crippen LogP contribution in [-0.2, 0) is 11.3 Å². The van der Waals surface area contributed by atoms with E-state index in [1.165, 1.54) is 0 Å². The van der Waals surface area contributed by atoms with Gasteiger partial charge in [0, 0.05) is 18.5 Å². The van der Waals surface area contributed by atoms with E-state index in [4.69, 9.17) is 16.3 Å². The van der Waals surface area contributed by atoms with E-state index in [-0.39, 0.29) is 6.09 Å². The number of aryl methyl sites for hydroxylation is 1. The molecule has 1 N–H and O–H groups in total. The van der Waals surface area contributed by atoms with E-state index >= 15 is 0 Å². The molecule has 3 aromatic rings. The molecule has 0 radical (unpaired) electrons. The van der Waals surface area contributed by atoms with Crippen LogP contribution in [0.25, 0.3) is 21.9 Å². The lowest BCUT2D eigenvalue weighted by atomic mass is 10.2. The number of carbonyl (C=O) groups excluding carboxylic acids is 1. The van der Waals surface area contributed by atoms with Crippen molar-refractivity contribution in [2.24, 2.45) is 0 Å². The van der Waals surface area contributed by atoms with Crippen LogP contribution >= 0.6 is 11.6 Å². The number of hydrogen-bond acceptors (Lipinski definition) is 4. The molecule has 2 aromatic heterocycles. The number of benzene rings is 1. The fourth-order valence-corrected chi connectivity index (χ4v) is 3.06. The number of imidazole rings is 1. The largest absolute Gasteiger partial charge is 0.444 e. The molecule has 0 bridgehead atoms. The van der Waals surface area contributed by atoms with E-state index in [0.717, 1.165) is 41.3 Å². The third-order valence-electron chi connectivity index (χ3n) is 3.90. The van der Waals surface area contributed by atoms with E-state index in [9.17, 15) is 4.79 Å². The van der Waals surface area contributed by atoms with Gasteiger partial charge in [0.15, 0.2) is 5.15 Å². The van der Waals surface area contributed by atoms with Crippen LogP contribution in [0.15, 0.2) is 30.6 Å². The van der Waals surface area contributed by atoms with Crippen LogP contribution in [-0.4, -0.2) is 32.8 Å². The quantitative estimate of drug-likeness (QED) is 0.525. The van der Waals surface area contributed by atoms with Crippen molar-refractivity contribution in [1.82, 2.24) is 19.9 Å². The van der Waals surface area contributed by atoms with Crippen LogP contribution in [0.2, 0.25) is 5.15 Å². The molecule has 0 aliphatic rings. The van der Waals surface area contributed by atoms with Crippen molar-refractivity contribution in [2.45, 2.75) is 45.8 Å². The van der Waals surface area contributed by atoms with Gasteiger partial charge in [-0.25, -0.2) is 14.8 Å². The standard InChI is InChI=1S/C19H23ClN4O2/c1-19(2,3)26-18(25)21-10-6-7-11-24-12-22-15-16(24)13-8-4-5-9-14(13)23-17(15)20/h4-5,8-9,12H,6-7,10-11H2,1-3H3,(H,21,25). The molecule has 6 nitrogen and oxygen atoms in total. The highest BCUT2D eigenvalue weighted by Gasteiger charge is 2.15. The molecule has 0 aliphatic carbocycles. The minimum atomic E-state index is -0.478. The van der Waals surface area contributed by atoms with E-state index < -0.39 is 5.60 Å². The number of para-hydroxylation sites is 1. The van der Waals surface area contributed by atoms with Gasteiger partial charge in [-0.15, -0.1) is 0 Å². The summed E-state index contributed by atoms with van der Waals surface area (Å²) in [7, 11) is 0. The number of nitrogens with zero attached hydrogens (tertiary/aromatic N) is 3. The number of carbonyl (C=O) groups is 1. The fraction of sp³-hybridized carbons (Fsp3) is 0.421. The zero-order chi connectivity index (χ0) is 18.7. The number of nitrogens with one attached hydrogen (secondary N) is 1. The SMILES string of the molecule is CC(C)(C)OC(=O)NCCCCn1cnc2c(Cl)nc3ccccc3c21. The van der Waals surface area contributed by atoms with E-state index in [1.54, 1.807) is 6.33 Å². The molecule has 1 amide bonds. The number of ether oxygens (including phenoxy) is 1. The molecule has 0 aliphatic heterocycles. The van der Waals surface area contributed by atoms with E-state index in [1.807, 2.05) is 45.0 Å². The van der Waals surface area contributed by atoms with Crippen molar-refractivity contribution in [3.63, 3.8) is 0 Å². The normalized spacial score (nSPS) is 11.8. The fourth-order valence-electron chi connectivity index (χ4n) is 2.83. The van der Waals surface area contributed by atoms with Crippen molar-refractivity contribution in [1.29, 1.82) is 0 Å². The number of rotatable bonds is 5. The number of amides is 1. The number of unbranched alkanes of at least 4 members (excludes halogenated alkanes) is 1. The number of pyridine rings is 1. The Bertz CT molecular complexity index is 930. The molecular weight excluding hydrogens is 352 g/mol. The van der Waals surface area contributed by atoms with Crippen molar-refractivity contribution in [3.05, 3.63) is 35.7 Å². The summed E-state index contributed by atoms with van der Waals surface area (Å²) in [5.41, 5.74) is 2.10. The molecule has 26 heavy (non-hydrogen) atoms. The molecule has 3 rings (SSSR count). The second-order valence-corrected chi connectivity index (χ2v) is 7.55. The Labute approximate surface area is 157 Å². The average molecular weight is 375 g/mol. The summed E-state index contributed by atoms with van der Waals surface area (Å²) in [6, 6.07) is 7.91. The van der Waals surface area contributed by atoms with Crippen molar-refractivity contribution < 1.29 is 9.53 Å². The molecule has 7 heteroatoms. The number of alkyl carbamates (subject to hydrolysis) is 1. The summed E-state index contributed by atoms with van der Waals surface area (Å²) in [5, 5.41) is 4.24. The molecule has 0 spiro atoms. The summed E-state index contributed by atoms with van der Waals surface area (Å²) in [6.45, 7) is 6.91. The number of halogens is 1. The maximum absolute atomic E-state index is 11.6. The summed E-state index contributed by atoms with van der Waals surface area (Å²) >= 11 is 6.27. The number of aromatic nitrogens is 3. The summed E-state index contributed by atoms with van der Waals surface area (Å²) < 4.78 is 7.32. The van der Waals surface area contributed by atoms with Crippen LogP contribution in [0, 0.1) is 0 Å². The first-order chi connectivity index (χ1) is 12.3. The number of fused-ring (bicyclic) bond motifs is 3. The zero-order valence-electron chi connectivity index (χ0n) is 15.3. The second-order valence-electron chi connectivity index (χ2n) is 7.19. The van der Waals surface area contributed by atoms with E-state index in [0.29, 0.717) is 11.7 Å². The van der Waals surface area contributed by atoms with Gasteiger partial charge in [0.25, 0.3) is 0 Å². The van der Waals surface area contributed by atoms with Crippen molar-refractivity contribution in [2.75, 3.05) is 6.54 Å². The highest BCUT2D eigenvalue weighted by molar-refractivity contribution is 6.35. The van der Waals surface area contributed by atoms with Crippen LogP contribution < -0.4 is 5.32 Å². The van der Waals surface area contributed by atoms with Crippen molar-refractivity contribution >= 4 is 39.6 Å². The maximum atomic E-state index is 11.6. The lowest BCUT2D eigenvalue weighted by Crippen LogP contribution is -2.33. The molecule has 0 unspecified atom stereocenters. The lowest BCUT2D eigenvalue weighted by Gasteiger charge is -2.19. The highest BCUT2D eigenvalue weighted by atomic mass is 35.5. The molecule has 0 saturated heterocycles. The number of hydrogen-bond donors (Lipinski definition) is 1.